The van der Waals surface area contributed by atoms with Crippen LogP contribution in [-0.2, 0) is 4.79 Å². The summed E-state index contributed by atoms with van der Waals surface area (Å²) in [4.78, 5) is 12.1. The molecule has 1 saturated carbocycles. The van der Waals surface area contributed by atoms with E-state index >= 15 is 0 Å². The van der Waals surface area contributed by atoms with Crippen molar-refractivity contribution in [3.05, 3.63) is 0 Å². The molecule has 0 aromatic rings. The molecular formula is C9H11F3N2O2. The monoisotopic (exact) mass is 236 g/mol. The van der Waals surface area contributed by atoms with Gasteiger partial charge in [-0.1, -0.05) is 0 Å². The van der Waals surface area contributed by atoms with Crippen molar-refractivity contribution in [2.45, 2.75) is 19.0 Å². The molecule has 0 heterocycles. The fraction of sp³-hybridized carbons (Fsp3) is 0.778. The summed E-state index contributed by atoms with van der Waals surface area (Å²) in [5.74, 6) is -0.832. The van der Waals surface area contributed by atoms with Crippen molar-refractivity contribution in [1.82, 2.24) is 4.90 Å². The number of aliphatic hydroxyl groups is 1. The standard InChI is InChI=1S/C9H11F3N2O2/c10-9(11,12)6-14(3-4-15)7(16)8(5-13)1-2-8/h15H,1-4,6H2. The van der Waals surface area contributed by atoms with E-state index in [-0.39, 0.29) is 0 Å². The van der Waals surface area contributed by atoms with E-state index in [2.05, 4.69) is 0 Å². The minimum absolute atomic E-state index is 0.294. The van der Waals surface area contributed by atoms with E-state index in [1.165, 1.54) is 0 Å². The van der Waals surface area contributed by atoms with E-state index < -0.39 is 37.2 Å². The lowest BCUT2D eigenvalue weighted by atomic mass is 10.1. The summed E-state index contributed by atoms with van der Waals surface area (Å²) in [6.45, 7) is -2.37. The van der Waals surface area contributed by atoms with E-state index in [0.717, 1.165) is 0 Å². The highest BCUT2D eigenvalue weighted by molar-refractivity contribution is 5.88. The van der Waals surface area contributed by atoms with E-state index in [0.29, 0.717) is 17.7 Å². The molecule has 0 aromatic carbocycles. The molecule has 0 bridgehead atoms. The van der Waals surface area contributed by atoms with Gasteiger partial charge in [-0.05, 0) is 12.8 Å². The van der Waals surface area contributed by atoms with Crippen molar-refractivity contribution in [3.63, 3.8) is 0 Å². The van der Waals surface area contributed by atoms with Gasteiger partial charge >= 0.3 is 6.18 Å². The third-order valence-corrected chi connectivity index (χ3v) is 2.40. The summed E-state index contributed by atoms with van der Waals surface area (Å²) in [5, 5.41) is 17.3. The van der Waals surface area contributed by atoms with Crippen LogP contribution in [0.1, 0.15) is 12.8 Å². The second kappa shape index (κ2) is 4.29. The SMILES string of the molecule is N#CC1(C(=O)N(CCO)CC(F)(F)F)CC1. The van der Waals surface area contributed by atoms with Crippen LogP contribution in [0.25, 0.3) is 0 Å². The number of aliphatic hydroxyl groups excluding tert-OH is 1. The lowest BCUT2D eigenvalue weighted by Crippen LogP contribution is -2.44. The molecule has 0 aliphatic heterocycles. The average molecular weight is 236 g/mol. The van der Waals surface area contributed by atoms with Crippen LogP contribution < -0.4 is 0 Å². The lowest BCUT2D eigenvalue weighted by molar-refractivity contribution is -0.164. The van der Waals surface area contributed by atoms with Gasteiger partial charge in [-0.25, -0.2) is 0 Å². The number of carbonyl (C=O) groups excluding carboxylic acids is 1. The van der Waals surface area contributed by atoms with Crippen LogP contribution in [0.5, 0.6) is 0 Å². The van der Waals surface area contributed by atoms with E-state index in [1.807, 2.05) is 0 Å². The summed E-state index contributed by atoms with van der Waals surface area (Å²) >= 11 is 0. The van der Waals surface area contributed by atoms with Gasteiger partial charge in [-0.15, -0.1) is 0 Å². The van der Waals surface area contributed by atoms with Gasteiger partial charge in [0.25, 0.3) is 0 Å². The van der Waals surface area contributed by atoms with Crippen LogP contribution in [-0.4, -0.2) is 41.8 Å². The number of hydrogen-bond donors (Lipinski definition) is 1. The molecule has 1 N–H and O–H groups in total. The molecule has 0 unspecified atom stereocenters. The smallest absolute Gasteiger partial charge is 0.395 e. The van der Waals surface area contributed by atoms with Gasteiger partial charge in [-0.2, -0.15) is 18.4 Å². The van der Waals surface area contributed by atoms with Crippen LogP contribution in [0.15, 0.2) is 0 Å². The maximum Gasteiger partial charge on any atom is 0.406 e. The summed E-state index contributed by atoms with van der Waals surface area (Å²) in [7, 11) is 0. The third kappa shape index (κ3) is 2.85. The molecule has 1 rings (SSSR count). The Hall–Kier alpha value is -1.29. The number of nitriles is 1. The minimum Gasteiger partial charge on any atom is -0.395 e. The number of alkyl halides is 3. The quantitative estimate of drug-likeness (QED) is 0.780. The van der Waals surface area contributed by atoms with Crippen LogP contribution >= 0.6 is 0 Å². The fourth-order valence-corrected chi connectivity index (χ4v) is 1.39. The van der Waals surface area contributed by atoms with Crippen molar-refractivity contribution in [3.8, 4) is 6.07 Å². The van der Waals surface area contributed by atoms with Gasteiger partial charge in [0.05, 0.1) is 12.7 Å². The Bertz CT molecular complexity index is 318. The molecule has 4 nitrogen and oxygen atoms in total. The van der Waals surface area contributed by atoms with Gasteiger partial charge in [0.1, 0.15) is 12.0 Å². The zero-order valence-corrected chi connectivity index (χ0v) is 8.42. The predicted octanol–water partition coefficient (Wildman–Crippen LogP) is 0.673. The zero-order valence-electron chi connectivity index (χ0n) is 8.42. The van der Waals surface area contributed by atoms with Gasteiger partial charge in [-0.3, -0.25) is 4.79 Å². The topological polar surface area (TPSA) is 64.3 Å². The molecule has 0 radical (unpaired) electrons. The highest BCUT2D eigenvalue weighted by Gasteiger charge is 2.53. The third-order valence-electron chi connectivity index (χ3n) is 2.40. The number of hydrogen-bond acceptors (Lipinski definition) is 3. The number of carbonyl (C=O) groups is 1. The van der Waals surface area contributed by atoms with Crippen LogP contribution in [0, 0.1) is 16.7 Å². The molecule has 0 atom stereocenters. The molecule has 7 heteroatoms. The van der Waals surface area contributed by atoms with Gasteiger partial charge in [0.2, 0.25) is 5.91 Å². The molecule has 1 fully saturated rings. The Balaban J connectivity index is 2.71. The number of rotatable bonds is 4. The molecule has 1 amide bonds. The van der Waals surface area contributed by atoms with Gasteiger partial charge in [0.15, 0.2) is 0 Å². The van der Waals surface area contributed by atoms with Crippen molar-refractivity contribution >= 4 is 5.91 Å². The second-order valence-electron chi connectivity index (χ2n) is 3.76. The van der Waals surface area contributed by atoms with Crippen LogP contribution in [0.3, 0.4) is 0 Å². The van der Waals surface area contributed by atoms with Crippen molar-refractivity contribution in [1.29, 1.82) is 5.26 Å². The van der Waals surface area contributed by atoms with Crippen LogP contribution in [0.2, 0.25) is 0 Å². The van der Waals surface area contributed by atoms with Crippen LogP contribution in [0.4, 0.5) is 13.2 Å². The molecule has 1 aliphatic rings. The van der Waals surface area contributed by atoms with E-state index in [4.69, 9.17) is 10.4 Å². The number of nitrogens with zero attached hydrogens (tertiary/aromatic N) is 2. The van der Waals surface area contributed by atoms with E-state index in [1.54, 1.807) is 6.07 Å². The first kappa shape index (κ1) is 12.8. The maximum absolute atomic E-state index is 12.1. The first-order valence-corrected chi connectivity index (χ1v) is 4.73. The summed E-state index contributed by atoms with van der Waals surface area (Å²) in [6, 6.07) is 1.74. The first-order valence-electron chi connectivity index (χ1n) is 4.73. The second-order valence-corrected chi connectivity index (χ2v) is 3.76. The zero-order chi connectivity index (χ0) is 12.4. The van der Waals surface area contributed by atoms with Crippen molar-refractivity contribution < 1.29 is 23.1 Å². The summed E-state index contributed by atoms with van der Waals surface area (Å²) < 4.78 is 36.4. The highest BCUT2D eigenvalue weighted by Crippen LogP contribution is 2.46. The molecule has 0 spiro atoms. The minimum atomic E-state index is -4.52. The average Bonchev–Trinajstić information content (AvgIpc) is 2.94. The largest absolute Gasteiger partial charge is 0.406 e. The normalized spacial score (nSPS) is 17.7. The Morgan fingerprint density at radius 3 is 2.38 bits per heavy atom. The predicted molar refractivity (Wildman–Crippen MR) is 47.0 cm³/mol. The maximum atomic E-state index is 12.1. The molecule has 0 aromatic heterocycles. The molecule has 16 heavy (non-hydrogen) atoms. The first-order chi connectivity index (χ1) is 7.34. The molecule has 90 valence electrons. The Morgan fingerprint density at radius 2 is 2.06 bits per heavy atom. The Morgan fingerprint density at radius 1 is 1.50 bits per heavy atom. The highest BCUT2D eigenvalue weighted by atomic mass is 19.4. The van der Waals surface area contributed by atoms with Crippen molar-refractivity contribution in [2.75, 3.05) is 19.7 Å². The van der Waals surface area contributed by atoms with Crippen molar-refractivity contribution in [2.24, 2.45) is 5.41 Å². The Kier molecular flexibility index (Phi) is 3.43. The van der Waals surface area contributed by atoms with Gasteiger partial charge < -0.3 is 10.0 Å². The summed E-state index contributed by atoms with van der Waals surface area (Å²) in [5.41, 5.74) is -1.28. The molecule has 1 aliphatic carbocycles. The molecule has 0 saturated heterocycles. The number of halogens is 3. The summed E-state index contributed by atoms with van der Waals surface area (Å²) in [6.07, 6.45) is -3.93. The Labute approximate surface area is 90.3 Å². The van der Waals surface area contributed by atoms with Gasteiger partial charge in [0, 0.05) is 6.54 Å². The molecular weight excluding hydrogens is 225 g/mol. The number of amides is 1. The fourth-order valence-electron chi connectivity index (χ4n) is 1.39. The lowest BCUT2D eigenvalue weighted by Gasteiger charge is -2.24. The van der Waals surface area contributed by atoms with E-state index in [9.17, 15) is 18.0 Å².